The van der Waals surface area contributed by atoms with Gasteiger partial charge in [0.05, 0.1) is 12.9 Å². The van der Waals surface area contributed by atoms with Crippen LogP contribution < -0.4 is 15.0 Å². The van der Waals surface area contributed by atoms with Gasteiger partial charge in [0.2, 0.25) is 10.8 Å². The molecule has 144 valence electrons. The van der Waals surface area contributed by atoms with E-state index in [4.69, 9.17) is 9.26 Å². The molecule has 0 atom stereocenters. The molecule has 4 aromatic rings. The van der Waals surface area contributed by atoms with E-state index in [1.54, 1.807) is 28.6 Å². The van der Waals surface area contributed by atoms with Crippen LogP contribution in [0.1, 0.15) is 5.69 Å². The number of nitrogens with zero attached hydrogens (tertiary/aromatic N) is 5. The van der Waals surface area contributed by atoms with Crippen molar-refractivity contribution in [3.05, 3.63) is 70.7 Å². The minimum Gasteiger partial charge on any atom is -0.497 e. The largest absolute Gasteiger partial charge is 0.497 e. The average Bonchev–Trinajstić information content (AvgIpc) is 3.37. The molecular weight excluding hydrogens is 392 g/mol. The number of aromatic amines is 1. The van der Waals surface area contributed by atoms with Crippen LogP contribution in [0.3, 0.4) is 0 Å². The summed E-state index contributed by atoms with van der Waals surface area (Å²) >= 11 is 1.46. The van der Waals surface area contributed by atoms with Crippen LogP contribution in [0, 0.1) is 0 Å². The van der Waals surface area contributed by atoms with Crippen molar-refractivity contribution in [2.45, 2.75) is 5.16 Å². The highest BCUT2D eigenvalue weighted by molar-refractivity contribution is 7.99. The predicted octanol–water partition coefficient (Wildman–Crippen LogP) is 1.87. The molecule has 0 bridgehead atoms. The SMILES string of the molecule is COc1ccc(-[n+]2[nH]oc(=O)c2C2=Nn3c(nnc3-c3ccccc3)SC2)cc1. The smallest absolute Gasteiger partial charge is 0.437 e. The predicted molar refractivity (Wildman–Crippen MR) is 106 cm³/mol. The summed E-state index contributed by atoms with van der Waals surface area (Å²) < 4.78 is 13.5. The third kappa shape index (κ3) is 3.03. The standard InChI is InChI=1S/C19H14N6O3S/c1-27-14-9-7-13(8-10-14)24-16(18(26)28-23-24)15-11-29-19-21-20-17(25(19)22-15)12-5-3-2-4-6-12/h2-10H,11H2,1H3/p+1. The van der Waals surface area contributed by atoms with Crippen molar-refractivity contribution in [1.29, 1.82) is 0 Å². The summed E-state index contributed by atoms with van der Waals surface area (Å²) in [7, 11) is 1.60. The molecule has 3 heterocycles. The molecule has 0 unspecified atom stereocenters. The second kappa shape index (κ2) is 7.06. The normalized spacial score (nSPS) is 13.1. The van der Waals surface area contributed by atoms with Gasteiger partial charge in [0.15, 0.2) is 11.5 Å². The van der Waals surface area contributed by atoms with Crippen LogP contribution in [0.5, 0.6) is 5.75 Å². The minimum atomic E-state index is -0.502. The summed E-state index contributed by atoms with van der Waals surface area (Å²) in [5.74, 6) is 1.79. The van der Waals surface area contributed by atoms with E-state index in [-0.39, 0.29) is 0 Å². The molecule has 0 spiro atoms. The number of aromatic nitrogens is 5. The Bertz CT molecular complexity index is 1260. The Morgan fingerprint density at radius 3 is 2.69 bits per heavy atom. The van der Waals surface area contributed by atoms with Crippen molar-refractivity contribution in [3.63, 3.8) is 0 Å². The van der Waals surface area contributed by atoms with E-state index in [2.05, 4.69) is 20.6 Å². The highest BCUT2D eigenvalue weighted by atomic mass is 32.2. The van der Waals surface area contributed by atoms with E-state index in [1.807, 2.05) is 42.5 Å². The maximum absolute atomic E-state index is 12.5. The van der Waals surface area contributed by atoms with E-state index in [0.29, 0.717) is 33.9 Å². The van der Waals surface area contributed by atoms with Crippen LogP contribution in [-0.4, -0.2) is 38.7 Å². The second-order valence-corrected chi connectivity index (χ2v) is 7.12. The van der Waals surface area contributed by atoms with Gasteiger partial charge in [-0.3, -0.25) is 4.52 Å². The average molecular weight is 407 g/mol. The molecule has 2 aromatic carbocycles. The summed E-state index contributed by atoms with van der Waals surface area (Å²) in [5, 5.41) is 16.5. The first-order chi connectivity index (χ1) is 14.2. The minimum absolute atomic E-state index is 0.320. The van der Waals surface area contributed by atoms with Gasteiger partial charge in [-0.1, -0.05) is 42.1 Å². The number of hydrogen-bond acceptors (Lipinski definition) is 7. The van der Waals surface area contributed by atoms with Gasteiger partial charge in [-0.2, -0.15) is 9.78 Å². The number of thioether (sulfide) groups is 1. The van der Waals surface area contributed by atoms with E-state index in [9.17, 15) is 4.79 Å². The number of hydrogen-bond donors (Lipinski definition) is 1. The zero-order valence-corrected chi connectivity index (χ0v) is 16.1. The molecule has 1 aliphatic rings. The Morgan fingerprint density at radius 1 is 1.14 bits per heavy atom. The number of nitrogens with one attached hydrogen (secondary N) is 1. The number of fused-ring (bicyclic) bond motifs is 1. The number of benzene rings is 2. The van der Waals surface area contributed by atoms with Crippen LogP contribution in [0.15, 0.2) is 74.2 Å². The first kappa shape index (κ1) is 17.4. The van der Waals surface area contributed by atoms with Crippen molar-refractivity contribution >= 4 is 17.5 Å². The zero-order valence-electron chi connectivity index (χ0n) is 15.3. The van der Waals surface area contributed by atoms with Gasteiger partial charge in [0.1, 0.15) is 5.75 Å². The van der Waals surface area contributed by atoms with Crippen LogP contribution in [0.25, 0.3) is 17.1 Å². The quantitative estimate of drug-likeness (QED) is 0.518. The van der Waals surface area contributed by atoms with Gasteiger partial charge in [0.25, 0.3) is 0 Å². The Labute approximate surface area is 168 Å². The Morgan fingerprint density at radius 2 is 1.93 bits per heavy atom. The van der Waals surface area contributed by atoms with Gasteiger partial charge in [-0.15, -0.1) is 10.2 Å². The molecule has 10 heteroatoms. The van der Waals surface area contributed by atoms with Crippen molar-refractivity contribution in [2.75, 3.05) is 12.9 Å². The van der Waals surface area contributed by atoms with E-state index >= 15 is 0 Å². The molecule has 0 radical (unpaired) electrons. The Hall–Kier alpha value is -3.66. The van der Waals surface area contributed by atoms with E-state index < -0.39 is 5.63 Å². The van der Waals surface area contributed by atoms with Crippen molar-refractivity contribution in [1.82, 2.24) is 20.1 Å². The molecule has 1 aliphatic heterocycles. The molecule has 9 nitrogen and oxygen atoms in total. The van der Waals surface area contributed by atoms with E-state index in [1.165, 1.54) is 11.8 Å². The van der Waals surface area contributed by atoms with Crippen molar-refractivity contribution in [2.24, 2.45) is 5.10 Å². The maximum Gasteiger partial charge on any atom is 0.437 e. The number of rotatable bonds is 4. The fraction of sp³-hybridized carbons (Fsp3) is 0.105. The highest BCUT2D eigenvalue weighted by Crippen LogP contribution is 2.27. The van der Waals surface area contributed by atoms with E-state index in [0.717, 1.165) is 11.3 Å². The van der Waals surface area contributed by atoms with Gasteiger partial charge in [-0.05, 0) is 22.1 Å². The van der Waals surface area contributed by atoms with Gasteiger partial charge in [0, 0.05) is 17.7 Å². The first-order valence-corrected chi connectivity index (χ1v) is 9.73. The molecule has 0 saturated carbocycles. The summed E-state index contributed by atoms with van der Waals surface area (Å²) in [5.41, 5.74) is 1.99. The van der Waals surface area contributed by atoms with Gasteiger partial charge >= 0.3 is 11.3 Å². The van der Waals surface area contributed by atoms with Crippen molar-refractivity contribution in [3.8, 4) is 22.8 Å². The first-order valence-electron chi connectivity index (χ1n) is 8.74. The number of ether oxygens (including phenoxy) is 1. The summed E-state index contributed by atoms with van der Waals surface area (Å²) in [6, 6.07) is 16.9. The van der Waals surface area contributed by atoms with Crippen LogP contribution in [0.4, 0.5) is 0 Å². The second-order valence-electron chi connectivity index (χ2n) is 6.18. The lowest BCUT2D eigenvalue weighted by molar-refractivity contribution is -0.671. The lowest BCUT2D eigenvalue weighted by Gasteiger charge is -2.10. The summed E-state index contributed by atoms with van der Waals surface area (Å²) in [4.78, 5) is 12.5. The molecular formula is C19H15N6O3S+. The fourth-order valence-electron chi connectivity index (χ4n) is 3.04. The third-order valence-corrected chi connectivity index (χ3v) is 5.38. The van der Waals surface area contributed by atoms with Crippen LogP contribution in [0.2, 0.25) is 0 Å². The molecule has 5 rings (SSSR count). The summed E-state index contributed by atoms with van der Waals surface area (Å²) in [6.45, 7) is 0. The monoisotopic (exact) mass is 407 g/mol. The molecule has 0 amide bonds. The topological polar surface area (TPSA) is 102 Å². The zero-order chi connectivity index (χ0) is 19.8. The Balaban J connectivity index is 1.61. The number of methoxy groups -OCH3 is 1. The molecule has 1 N–H and O–H groups in total. The third-order valence-electron chi connectivity index (χ3n) is 4.45. The molecule has 29 heavy (non-hydrogen) atoms. The molecule has 0 fully saturated rings. The molecule has 0 aliphatic carbocycles. The molecule has 2 aromatic heterocycles. The van der Waals surface area contributed by atoms with Crippen molar-refractivity contribution < 1.29 is 13.9 Å². The fourth-order valence-corrected chi connectivity index (χ4v) is 3.85. The van der Waals surface area contributed by atoms with Crippen LogP contribution >= 0.6 is 11.8 Å². The van der Waals surface area contributed by atoms with Crippen LogP contribution in [-0.2, 0) is 0 Å². The Kier molecular flexibility index (Phi) is 4.24. The number of H-pyrrole nitrogens is 1. The van der Waals surface area contributed by atoms with Gasteiger partial charge in [-0.25, -0.2) is 4.79 Å². The lowest BCUT2D eigenvalue weighted by atomic mass is 10.2. The molecule has 0 saturated heterocycles. The maximum atomic E-state index is 12.5. The summed E-state index contributed by atoms with van der Waals surface area (Å²) in [6.07, 6.45) is 0. The highest BCUT2D eigenvalue weighted by Gasteiger charge is 2.32. The van der Waals surface area contributed by atoms with Gasteiger partial charge < -0.3 is 4.74 Å². The lowest BCUT2D eigenvalue weighted by Crippen LogP contribution is -2.42.